The maximum atomic E-state index is 9.50. The summed E-state index contributed by atoms with van der Waals surface area (Å²) in [6, 6.07) is 7.08. The zero-order chi connectivity index (χ0) is 18.5. The van der Waals surface area contributed by atoms with Gasteiger partial charge in [-0.25, -0.2) is 9.97 Å². The van der Waals surface area contributed by atoms with Crippen LogP contribution < -0.4 is 43.1 Å². The van der Waals surface area contributed by atoms with E-state index in [9.17, 15) is 19.8 Å². The predicted molar refractivity (Wildman–Crippen MR) is 97.3 cm³/mol. The van der Waals surface area contributed by atoms with Gasteiger partial charge in [-0.1, -0.05) is 0 Å². The van der Waals surface area contributed by atoms with Crippen LogP contribution in [0.25, 0.3) is 0 Å². The molecule has 0 aliphatic heterocycles. The van der Waals surface area contributed by atoms with Crippen LogP contribution in [0.4, 0.5) is 23.0 Å². The Hall–Kier alpha value is -3.72. The lowest BCUT2D eigenvalue weighted by atomic mass is 10.3. The van der Waals surface area contributed by atoms with E-state index in [0.29, 0.717) is 23.0 Å². The predicted octanol–water partition coefficient (Wildman–Crippen LogP) is -6.70. The molecule has 2 aromatic heterocycles. The van der Waals surface area contributed by atoms with Crippen molar-refractivity contribution >= 4 is 34.9 Å². The number of nitrogen functional groups attached to an aromatic ring is 4. The van der Waals surface area contributed by atoms with Crippen LogP contribution in [-0.4, -0.2) is 33.8 Å². The molecular formula is C14H28N6O8. The van der Waals surface area contributed by atoms with Crippen LogP contribution in [0.15, 0.2) is 36.7 Å². The number of aromatic nitrogens is 2. The number of rotatable bonds is 3. The number of nitrogens with one attached hydrogen (secondary N) is 2. The van der Waals surface area contributed by atoms with E-state index in [1.165, 1.54) is 0 Å². The van der Waals surface area contributed by atoms with E-state index in [4.69, 9.17) is 22.9 Å². The molecule has 0 amide bonds. The Labute approximate surface area is 160 Å². The van der Waals surface area contributed by atoms with E-state index in [0.717, 1.165) is 0 Å². The number of pyridine rings is 2. The third-order valence-electron chi connectivity index (χ3n) is 2.38. The molecule has 0 saturated carbocycles. The number of carbonyl (C=O) groups is 2. The number of aliphatic carboxylic acids is 2. The number of hydrogen-bond acceptors (Lipinski definition) is 8. The number of hydrogen-bond donors (Lipinski definition) is 4. The number of carboxylic acid groups (broad SMARTS) is 2. The quantitative estimate of drug-likeness (QED) is 0.377. The summed E-state index contributed by atoms with van der Waals surface area (Å²) in [4.78, 5) is 24.5. The summed E-state index contributed by atoms with van der Waals surface area (Å²) in [5.74, 6) is -1.69. The second-order valence-electron chi connectivity index (χ2n) is 4.32. The van der Waals surface area contributed by atoms with E-state index in [1.54, 1.807) is 36.7 Å². The molecule has 0 unspecified atom stereocenters. The number of carbonyl (C=O) groups excluding carboxylic acids is 2. The zero-order valence-electron chi connectivity index (χ0n) is 14.8. The second-order valence-corrected chi connectivity index (χ2v) is 4.32. The average molecular weight is 408 g/mol. The molecule has 28 heavy (non-hydrogen) atoms. The second kappa shape index (κ2) is 19.6. The van der Waals surface area contributed by atoms with Gasteiger partial charge < -0.3 is 53.2 Å². The first-order valence-electron chi connectivity index (χ1n) is 6.67. The molecule has 0 aromatic carbocycles. The Kier molecular flexibility index (Phi) is 24.8. The minimum Gasteiger partial charge on any atom is -0.550 e. The SMILES string of the molecule is Nc1ccc[nH+]c1N.Nc1ccc[nH+]c1N.O.O.O.O.O=C([O-])CCC(=O)[O-]. The Balaban J connectivity index is -0.0000000882. The van der Waals surface area contributed by atoms with Crippen molar-refractivity contribution < 1.29 is 51.7 Å². The van der Waals surface area contributed by atoms with Gasteiger partial charge in [0, 0.05) is 11.9 Å². The van der Waals surface area contributed by atoms with Crippen LogP contribution in [0.1, 0.15) is 12.8 Å². The van der Waals surface area contributed by atoms with Crippen molar-refractivity contribution in [1.82, 2.24) is 0 Å². The smallest absolute Gasteiger partial charge is 0.293 e. The minimum absolute atomic E-state index is 0. The van der Waals surface area contributed by atoms with Crippen LogP contribution in [-0.2, 0) is 9.59 Å². The van der Waals surface area contributed by atoms with Crippen LogP contribution in [0.3, 0.4) is 0 Å². The van der Waals surface area contributed by atoms with E-state index in [-0.39, 0.29) is 21.9 Å². The number of anilines is 4. The van der Waals surface area contributed by atoms with Gasteiger partial charge in [-0.3, -0.25) is 11.5 Å². The largest absolute Gasteiger partial charge is 0.550 e. The molecule has 2 rings (SSSR count). The van der Waals surface area contributed by atoms with Gasteiger partial charge in [-0.15, -0.1) is 0 Å². The minimum atomic E-state index is -1.37. The molecule has 0 fully saturated rings. The highest BCUT2D eigenvalue weighted by atomic mass is 16.4. The van der Waals surface area contributed by atoms with Gasteiger partial charge in [0.15, 0.2) is 0 Å². The fraction of sp³-hybridized carbons (Fsp3) is 0.143. The normalized spacial score (nSPS) is 7.57. The average Bonchev–Trinajstić information content (AvgIpc) is 2.52. The Morgan fingerprint density at radius 3 is 1.14 bits per heavy atom. The summed E-state index contributed by atoms with van der Waals surface area (Å²) in [7, 11) is 0. The number of carboxylic acids is 2. The van der Waals surface area contributed by atoms with Crippen LogP contribution >= 0.6 is 0 Å². The monoisotopic (exact) mass is 408 g/mol. The highest BCUT2D eigenvalue weighted by Crippen LogP contribution is 2.02. The number of H-pyrrole nitrogens is 2. The molecule has 14 heteroatoms. The topological polar surface area (TPSA) is 339 Å². The van der Waals surface area contributed by atoms with Crippen molar-refractivity contribution in [3.8, 4) is 0 Å². The van der Waals surface area contributed by atoms with Crippen molar-refractivity contribution in [2.45, 2.75) is 12.8 Å². The lowest BCUT2D eigenvalue weighted by Crippen LogP contribution is -2.27. The number of aromatic amines is 2. The molecule has 0 atom stereocenters. The Morgan fingerprint density at radius 1 is 0.714 bits per heavy atom. The first-order valence-corrected chi connectivity index (χ1v) is 6.67. The molecule has 0 bridgehead atoms. The van der Waals surface area contributed by atoms with Gasteiger partial charge in [-0.2, -0.15) is 0 Å². The zero-order valence-corrected chi connectivity index (χ0v) is 14.8. The van der Waals surface area contributed by atoms with Crippen LogP contribution in [0, 0.1) is 0 Å². The highest BCUT2D eigenvalue weighted by molar-refractivity contribution is 5.72. The van der Waals surface area contributed by atoms with Crippen LogP contribution in [0.2, 0.25) is 0 Å². The molecule has 18 N–H and O–H groups in total. The van der Waals surface area contributed by atoms with Crippen LogP contribution in [0.5, 0.6) is 0 Å². The molecule has 0 aliphatic carbocycles. The molecule has 0 radical (unpaired) electrons. The third-order valence-corrected chi connectivity index (χ3v) is 2.38. The summed E-state index contributed by atoms with van der Waals surface area (Å²) in [6.45, 7) is 0. The summed E-state index contributed by atoms with van der Waals surface area (Å²) in [5.41, 5.74) is 22.6. The van der Waals surface area contributed by atoms with Gasteiger partial charge in [0.2, 0.25) is 0 Å². The lowest BCUT2D eigenvalue weighted by Gasteiger charge is -2.00. The van der Waals surface area contributed by atoms with Gasteiger partial charge in [0.25, 0.3) is 11.6 Å². The summed E-state index contributed by atoms with van der Waals surface area (Å²) in [6.07, 6.45) is 2.52. The lowest BCUT2D eigenvalue weighted by molar-refractivity contribution is -0.359. The Morgan fingerprint density at radius 2 is 1.00 bits per heavy atom. The van der Waals surface area contributed by atoms with Crippen molar-refractivity contribution in [2.75, 3.05) is 22.9 Å². The first-order chi connectivity index (χ1) is 11.2. The molecule has 0 spiro atoms. The Bertz CT molecular complexity index is 574. The molecule has 2 aromatic rings. The van der Waals surface area contributed by atoms with E-state index in [2.05, 4.69) is 9.97 Å². The van der Waals surface area contributed by atoms with Gasteiger partial charge in [0.05, 0.1) is 12.4 Å². The molecule has 0 saturated heterocycles. The molecule has 0 aliphatic rings. The maximum absolute atomic E-state index is 9.50. The molecule has 14 nitrogen and oxygen atoms in total. The van der Waals surface area contributed by atoms with Crippen molar-refractivity contribution in [2.24, 2.45) is 0 Å². The summed E-state index contributed by atoms with van der Waals surface area (Å²) >= 11 is 0. The number of nitrogens with two attached hydrogens (primary N) is 4. The molecule has 162 valence electrons. The first kappa shape index (κ1) is 35.4. The van der Waals surface area contributed by atoms with Crippen molar-refractivity contribution in [3.63, 3.8) is 0 Å². The van der Waals surface area contributed by atoms with E-state index < -0.39 is 24.8 Å². The summed E-state index contributed by atoms with van der Waals surface area (Å²) in [5, 5.41) is 19.0. The maximum Gasteiger partial charge on any atom is 0.293 e. The standard InChI is InChI=1S/2C5H7N3.C4H6O4.4H2O/c2*6-4-2-1-3-8-5(4)7;5-3(6)1-2-4(7)8;;;;/h2*1-3H,6H2,(H2,7,8);1-2H2,(H,5,6)(H,7,8);4*1H2. The van der Waals surface area contributed by atoms with Gasteiger partial charge in [0.1, 0.15) is 11.4 Å². The van der Waals surface area contributed by atoms with Crippen molar-refractivity contribution in [3.05, 3.63) is 36.7 Å². The third kappa shape index (κ3) is 18.6. The van der Waals surface area contributed by atoms with E-state index >= 15 is 0 Å². The van der Waals surface area contributed by atoms with Gasteiger partial charge in [-0.05, 0) is 37.1 Å². The highest BCUT2D eigenvalue weighted by Gasteiger charge is 1.94. The van der Waals surface area contributed by atoms with Gasteiger partial charge >= 0.3 is 0 Å². The van der Waals surface area contributed by atoms with E-state index in [1.807, 2.05) is 0 Å². The summed E-state index contributed by atoms with van der Waals surface area (Å²) < 4.78 is 0. The van der Waals surface area contributed by atoms with Crippen molar-refractivity contribution in [1.29, 1.82) is 0 Å². The fourth-order valence-corrected chi connectivity index (χ4v) is 1.13. The molecular weight excluding hydrogens is 380 g/mol. The fourth-order valence-electron chi connectivity index (χ4n) is 1.13. The molecule has 2 heterocycles.